The average Bonchev–Trinajstić information content (AvgIpc) is 3.53. The molecule has 0 radical (unpaired) electrons. The van der Waals surface area contributed by atoms with E-state index < -0.39 is 11.9 Å². The van der Waals surface area contributed by atoms with Crippen molar-refractivity contribution in [2.75, 3.05) is 0 Å². The van der Waals surface area contributed by atoms with Gasteiger partial charge in [-0.15, -0.1) is 11.3 Å². The van der Waals surface area contributed by atoms with E-state index >= 15 is 0 Å². The van der Waals surface area contributed by atoms with E-state index in [0.717, 1.165) is 10.4 Å². The SMILES string of the molecule is NC(=O)c1ccccc1-c1ccc(C(=O)N2N=C(c3cccnc3)CC2c2ccccc2O)s1. The van der Waals surface area contributed by atoms with Gasteiger partial charge in [-0.3, -0.25) is 14.6 Å². The number of pyridine rings is 1. The van der Waals surface area contributed by atoms with E-state index in [1.165, 1.54) is 16.3 Å². The lowest BCUT2D eigenvalue weighted by Crippen LogP contribution is -2.26. The van der Waals surface area contributed by atoms with Crippen LogP contribution < -0.4 is 5.73 Å². The second-order valence-electron chi connectivity index (χ2n) is 7.79. The summed E-state index contributed by atoms with van der Waals surface area (Å²) in [5.41, 5.74) is 8.76. The Hall–Kier alpha value is -4.30. The molecular formula is C26H20N4O3S. The van der Waals surface area contributed by atoms with Crippen molar-refractivity contribution in [2.24, 2.45) is 10.8 Å². The fourth-order valence-corrected chi connectivity index (χ4v) is 5.02. The third kappa shape index (κ3) is 3.95. The minimum absolute atomic E-state index is 0.107. The molecule has 0 bridgehead atoms. The number of benzene rings is 2. The van der Waals surface area contributed by atoms with Gasteiger partial charge in [-0.25, -0.2) is 5.01 Å². The van der Waals surface area contributed by atoms with E-state index in [1.807, 2.05) is 24.3 Å². The summed E-state index contributed by atoms with van der Waals surface area (Å²) in [6.07, 6.45) is 3.83. The standard InChI is InChI=1S/C26H20N4O3S/c27-25(32)18-8-2-1-7-17(18)23-11-12-24(34-23)26(33)30-21(19-9-3-4-10-22(19)31)14-20(29-30)16-6-5-13-28-15-16/h1-13,15,21,31H,14H2,(H2,27,32). The number of aromatic hydroxyl groups is 1. The average molecular weight is 469 g/mol. The number of nitrogens with two attached hydrogens (primary N) is 1. The molecule has 3 heterocycles. The highest BCUT2D eigenvalue weighted by Crippen LogP contribution is 2.39. The van der Waals surface area contributed by atoms with Crippen LogP contribution in [-0.4, -0.2) is 32.6 Å². The molecule has 5 rings (SSSR count). The van der Waals surface area contributed by atoms with Crippen LogP contribution in [0, 0.1) is 0 Å². The Labute approximate surface area is 199 Å². The third-order valence-corrected chi connectivity index (χ3v) is 6.79. The zero-order chi connectivity index (χ0) is 23.7. The Bertz CT molecular complexity index is 1410. The maximum atomic E-state index is 13.6. The van der Waals surface area contributed by atoms with Gasteiger partial charge in [0.25, 0.3) is 5.91 Å². The summed E-state index contributed by atoms with van der Waals surface area (Å²) in [6.45, 7) is 0. The molecule has 34 heavy (non-hydrogen) atoms. The molecule has 3 N–H and O–H groups in total. The number of hydrogen-bond acceptors (Lipinski definition) is 6. The predicted octanol–water partition coefficient (Wildman–Crippen LogP) is 4.61. The summed E-state index contributed by atoms with van der Waals surface area (Å²) in [5, 5.41) is 16.6. The van der Waals surface area contributed by atoms with Gasteiger partial charge in [0.05, 0.1) is 16.6 Å². The molecule has 0 aliphatic carbocycles. The van der Waals surface area contributed by atoms with Crippen LogP contribution in [0.3, 0.4) is 0 Å². The van der Waals surface area contributed by atoms with Crippen LogP contribution >= 0.6 is 11.3 Å². The number of phenols is 1. The Balaban J connectivity index is 1.53. The molecule has 168 valence electrons. The summed E-state index contributed by atoms with van der Waals surface area (Å²) in [6, 6.07) is 20.8. The fraction of sp³-hybridized carbons (Fsp3) is 0.0769. The van der Waals surface area contributed by atoms with Crippen LogP contribution in [0.5, 0.6) is 5.75 Å². The molecule has 4 aromatic rings. The molecule has 1 aliphatic heterocycles. The lowest BCUT2D eigenvalue weighted by molar-refractivity contribution is 0.0714. The van der Waals surface area contributed by atoms with Crippen molar-refractivity contribution in [3.63, 3.8) is 0 Å². The van der Waals surface area contributed by atoms with Crippen LogP contribution in [0.2, 0.25) is 0 Å². The lowest BCUT2D eigenvalue weighted by Gasteiger charge is -2.22. The summed E-state index contributed by atoms with van der Waals surface area (Å²) in [5.74, 6) is -0.711. The van der Waals surface area contributed by atoms with Crippen molar-refractivity contribution >= 4 is 28.9 Å². The zero-order valence-corrected chi connectivity index (χ0v) is 18.8. The molecule has 2 amide bonds. The Morgan fingerprint density at radius 3 is 2.56 bits per heavy atom. The third-order valence-electron chi connectivity index (χ3n) is 5.68. The number of nitrogens with zero attached hydrogens (tertiary/aromatic N) is 3. The molecule has 0 spiro atoms. The molecular weight excluding hydrogens is 448 g/mol. The summed E-state index contributed by atoms with van der Waals surface area (Å²) in [4.78, 5) is 30.9. The monoisotopic (exact) mass is 468 g/mol. The Morgan fingerprint density at radius 1 is 1.00 bits per heavy atom. The minimum atomic E-state index is -0.526. The van der Waals surface area contributed by atoms with Crippen LogP contribution in [0.25, 0.3) is 10.4 Å². The largest absolute Gasteiger partial charge is 0.508 e. The number of primary amides is 1. The zero-order valence-electron chi connectivity index (χ0n) is 18.0. The first-order valence-electron chi connectivity index (χ1n) is 10.6. The first-order chi connectivity index (χ1) is 16.5. The molecule has 0 fully saturated rings. The van der Waals surface area contributed by atoms with Crippen LogP contribution in [0.4, 0.5) is 0 Å². The smallest absolute Gasteiger partial charge is 0.284 e. The van der Waals surface area contributed by atoms with Crippen LogP contribution in [-0.2, 0) is 0 Å². The van der Waals surface area contributed by atoms with Crippen molar-refractivity contribution in [2.45, 2.75) is 12.5 Å². The molecule has 1 aliphatic rings. The topological polar surface area (TPSA) is 109 Å². The van der Waals surface area contributed by atoms with Gasteiger partial charge in [-0.1, -0.05) is 42.5 Å². The number of phenolic OH excluding ortho intramolecular Hbond substituents is 1. The number of para-hydroxylation sites is 1. The molecule has 1 atom stereocenters. The van der Waals surface area contributed by atoms with E-state index in [2.05, 4.69) is 10.1 Å². The van der Waals surface area contributed by atoms with Crippen molar-refractivity contribution < 1.29 is 14.7 Å². The van der Waals surface area contributed by atoms with Gasteiger partial charge in [-0.05, 0) is 30.3 Å². The summed E-state index contributed by atoms with van der Waals surface area (Å²) >= 11 is 1.27. The normalized spacial score (nSPS) is 15.2. The fourth-order valence-electron chi connectivity index (χ4n) is 4.04. The van der Waals surface area contributed by atoms with Gasteiger partial charge in [-0.2, -0.15) is 5.10 Å². The second kappa shape index (κ2) is 8.92. The van der Waals surface area contributed by atoms with Gasteiger partial charge in [0.2, 0.25) is 5.91 Å². The number of amides is 2. The van der Waals surface area contributed by atoms with Crippen LogP contribution in [0.15, 0.2) is 90.3 Å². The summed E-state index contributed by atoms with van der Waals surface area (Å²) in [7, 11) is 0. The quantitative estimate of drug-likeness (QED) is 0.446. The summed E-state index contributed by atoms with van der Waals surface area (Å²) < 4.78 is 0. The molecule has 0 saturated carbocycles. The van der Waals surface area contributed by atoms with Gasteiger partial charge in [0, 0.05) is 45.9 Å². The van der Waals surface area contributed by atoms with Gasteiger partial charge in [0.1, 0.15) is 5.75 Å². The number of rotatable bonds is 5. The van der Waals surface area contributed by atoms with E-state index in [-0.39, 0.29) is 11.7 Å². The lowest BCUT2D eigenvalue weighted by atomic mass is 9.98. The molecule has 0 saturated heterocycles. The number of thiophene rings is 1. The number of hydrazone groups is 1. The van der Waals surface area contributed by atoms with E-state index in [9.17, 15) is 14.7 Å². The molecule has 1 unspecified atom stereocenters. The molecule has 7 nitrogen and oxygen atoms in total. The molecule has 2 aromatic heterocycles. The number of aromatic nitrogens is 1. The van der Waals surface area contributed by atoms with Gasteiger partial charge >= 0.3 is 0 Å². The van der Waals surface area contributed by atoms with Gasteiger partial charge in [0.15, 0.2) is 0 Å². The minimum Gasteiger partial charge on any atom is -0.508 e. The van der Waals surface area contributed by atoms with Crippen molar-refractivity contribution in [3.05, 3.63) is 107 Å². The highest BCUT2D eigenvalue weighted by atomic mass is 32.1. The second-order valence-corrected chi connectivity index (χ2v) is 8.87. The highest BCUT2D eigenvalue weighted by molar-refractivity contribution is 7.17. The first kappa shape index (κ1) is 21.5. The maximum Gasteiger partial charge on any atom is 0.284 e. The maximum absolute atomic E-state index is 13.6. The Kier molecular flexibility index (Phi) is 5.65. The molecule has 8 heteroatoms. The Morgan fingerprint density at radius 2 is 1.79 bits per heavy atom. The predicted molar refractivity (Wildman–Crippen MR) is 131 cm³/mol. The van der Waals surface area contributed by atoms with Crippen molar-refractivity contribution in [1.29, 1.82) is 0 Å². The highest BCUT2D eigenvalue weighted by Gasteiger charge is 2.35. The van der Waals surface area contributed by atoms with E-state index in [4.69, 9.17) is 5.73 Å². The number of carbonyl (C=O) groups excluding carboxylic acids is 2. The molecule has 2 aromatic carbocycles. The van der Waals surface area contributed by atoms with E-state index in [1.54, 1.807) is 60.9 Å². The van der Waals surface area contributed by atoms with Crippen molar-refractivity contribution in [1.82, 2.24) is 9.99 Å². The first-order valence-corrected chi connectivity index (χ1v) is 11.4. The number of hydrogen-bond donors (Lipinski definition) is 2. The van der Waals surface area contributed by atoms with Gasteiger partial charge < -0.3 is 10.8 Å². The van der Waals surface area contributed by atoms with Crippen molar-refractivity contribution in [3.8, 4) is 16.2 Å². The number of carbonyl (C=O) groups is 2. The van der Waals surface area contributed by atoms with E-state index in [0.29, 0.717) is 33.7 Å². The van der Waals surface area contributed by atoms with Crippen LogP contribution in [0.1, 0.15) is 43.6 Å².